The number of urea groups is 1. The molecule has 0 unspecified atom stereocenters. The molecule has 2 amide bonds. The number of ether oxygens (including phenoxy) is 1. The van der Waals surface area contributed by atoms with E-state index in [1.807, 2.05) is 48.5 Å². The number of likely N-dealkylation sites (tertiary alicyclic amines) is 1. The molecule has 28 heavy (non-hydrogen) atoms. The minimum absolute atomic E-state index is 0.129. The van der Waals surface area contributed by atoms with Crippen LogP contribution in [0.4, 0.5) is 10.5 Å². The number of nitrogens with one attached hydrogen (secondary N) is 1. The molecule has 0 atom stereocenters. The molecular formula is C21H22ClN3O3. The highest BCUT2D eigenvalue weighted by atomic mass is 35.5. The topological polar surface area (TPSA) is 63.2 Å². The van der Waals surface area contributed by atoms with E-state index < -0.39 is 0 Å². The van der Waals surface area contributed by atoms with Gasteiger partial charge in [0.05, 0.1) is 18.5 Å². The van der Waals surface area contributed by atoms with Crippen LogP contribution in [0.1, 0.15) is 24.8 Å². The number of anilines is 1. The highest BCUT2D eigenvalue weighted by molar-refractivity contribution is 6.30. The number of methoxy groups -OCH3 is 1. The Morgan fingerprint density at radius 1 is 1.18 bits per heavy atom. The molecule has 6 nitrogen and oxygen atoms in total. The largest absolute Gasteiger partial charge is 0.495 e. The molecule has 0 bridgehead atoms. The van der Waals surface area contributed by atoms with Crippen LogP contribution in [0.15, 0.2) is 53.7 Å². The van der Waals surface area contributed by atoms with Crippen molar-refractivity contribution in [3.05, 3.63) is 59.1 Å². The van der Waals surface area contributed by atoms with Gasteiger partial charge < -0.3 is 19.8 Å². The van der Waals surface area contributed by atoms with Crippen LogP contribution in [0.2, 0.25) is 5.02 Å². The van der Waals surface area contributed by atoms with Gasteiger partial charge in [0.15, 0.2) is 0 Å². The summed E-state index contributed by atoms with van der Waals surface area (Å²) in [6, 6.07) is 14.9. The summed E-state index contributed by atoms with van der Waals surface area (Å²) >= 11 is 5.96. The van der Waals surface area contributed by atoms with E-state index in [1.54, 1.807) is 12.0 Å². The van der Waals surface area contributed by atoms with Gasteiger partial charge in [-0.1, -0.05) is 41.0 Å². The Kier molecular flexibility index (Phi) is 5.13. The summed E-state index contributed by atoms with van der Waals surface area (Å²) < 4.78 is 5.29. The number of para-hydroxylation sites is 2. The minimum atomic E-state index is -0.323. The predicted molar refractivity (Wildman–Crippen MR) is 109 cm³/mol. The first-order chi connectivity index (χ1) is 13.6. The summed E-state index contributed by atoms with van der Waals surface area (Å²) in [5.74, 6) is 0.643. The van der Waals surface area contributed by atoms with Crippen molar-refractivity contribution < 1.29 is 14.4 Å². The van der Waals surface area contributed by atoms with Crippen LogP contribution < -0.4 is 10.1 Å². The SMILES string of the molecule is COc1ccccc1NC(=O)N1CCC2(CC1)CC(c1ccc(Cl)cc1)=NO2. The van der Waals surface area contributed by atoms with Crippen LogP contribution in [0, 0.1) is 0 Å². The molecule has 4 rings (SSSR count). The third-order valence-corrected chi connectivity index (χ3v) is 5.58. The number of benzene rings is 2. The summed E-state index contributed by atoms with van der Waals surface area (Å²) in [5.41, 5.74) is 2.30. The Morgan fingerprint density at radius 3 is 2.61 bits per heavy atom. The quantitative estimate of drug-likeness (QED) is 0.824. The molecular weight excluding hydrogens is 378 g/mol. The average Bonchev–Trinajstić information content (AvgIpc) is 3.13. The molecule has 1 spiro atoms. The van der Waals surface area contributed by atoms with E-state index >= 15 is 0 Å². The summed E-state index contributed by atoms with van der Waals surface area (Å²) in [6.07, 6.45) is 2.23. The van der Waals surface area contributed by atoms with Crippen LogP contribution in [-0.2, 0) is 4.84 Å². The highest BCUT2D eigenvalue weighted by Gasteiger charge is 2.43. The summed E-state index contributed by atoms with van der Waals surface area (Å²) in [7, 11) is 1.59. The molecule has 1 saturated heterocycles. The van der Waals surface area contributed by atoms with Gasteiger partial charge >= 0.3 is 6.03 Å². The number of carbonyl (C=O) groups excluding carboxylic acids is 1. The first kappa shape index (κ1) is 18.6. The zero-order chi connectivity index (χ0) is 19.6. The van der Waals surface area contributed by atoms with E-state index in [9.17, 15) is 4.79 Å². The molecule has 2 heterocycles. The van der Waals surface area contributed by atoms with Gasteiger partial charge in [-0.05, 0) is 29.8 Å². The molecule has 1 fully saturated rings. The van der Waals surface area contributed by atoms with Crippen molar-refractivity contribution in [3.63, 3.8) is 0 Å². The molecule has 7 heteroatoms. The second-order valence-corrected chi connectivity index (χ2v) is 7.55. The van der Waals surface area contributed by atoms with Crippen molar-refractivity contribution in [2.75, 3.05) is 25.5 Å². The van der Waals surface area contributed by atoms with Gasteiger partial charge in [-0.3, -0.25) is 0 Å². The van der Waals surface area contributed by atoms with E-state index in [0.29, 0.717) is 29.5 Å². The van der Waals surface area contributed by atoms with Gasteiger partial charge in [0, 0.05) is 37.4 Å². The Morgan fingerprint density at radius 2 is 1.89 bits per heavy atom. The van der Waals surface area contributed by atoms with Crippen LogP contribution in [0.3, 0.4) is 0 Å². The number of hydrogen-bond donors (Lipinski definition) is 1. The smallest absolute Gasteiger partial charge is 0.321 e. The van der Waals surface area contributed by atoms with Crippen LogP contribution in [0.25, 0.3) is 0 Å². The van der Waals surface area contributed by atoms with Gasteiger partial charge in [0.1, 0.15) is 11.4 Å². The molecule has 146 valence electrons. The van der Waals surface area contributed by atoms with Gasteiger partial charge in [-0.25, -0.2) is 4.79 Å². The maximum atomic E-state index is 12.6. The van der Waals surface area contributed by atoms with Crippen molar-refractivity contribution in [2.45, 2.75) is 24.9 Å². The minimum Gasteiger partial charge on any atom is -0.495 e. The van der Waals surface area contributed by atoms with Gasteiger partial charge in [0.2, 0.25) is 0 Å². The number of piperidine rings is 1. The second kappa shape index (κ2) is 7.72. The molecule has 2 aliphatic rings. The second-order valence-electron chi connectivity index (χ2n) is 7.11. The maximum Gasteiger partial charge on any atom is 0.321 e. The molecule has 1 N–H and O–H groups in total. The van der Waals surface area contributed by atoms with E-state index in [2.05, 4.69) is 10.5 Å². The summed E-state index contributed by atoms with van der Waals surface area (Å²) in [5, 5.41) is 7.94. The number of carbonyl (C=O) groups is 1. The Labute approximate surface area is 169 Å². The fourth-order valence-electron chi connectivity index (χ4n) is 3.65. The van der Waals surface area contributed by atoms with Crippen LogP contribution in [-0.4, -0.2) is 42.4 Å². The fourth-order valence-corrected chi connectivity index (χ4v) is 3.77. The highest BCUT2D eigenvalue weighted by Crippen LogP contribution is 2.36. The number of amides is 2. The number of rotatable bonds is 3. The van der Waals surface area contributed by atoms with Gasteiger partial charge in [-0.15, -0.1) is 0 Å². The lowest BCUT2D eigenvalue weighted by Crippen LogP contribution is -2.48. The molecule has 0 aromatic heterocycles. The number of oxime groups is 1. The fraction of sp³-hybridized carbons (Fsp3) is 0.333. The monoisotopic (exact) mass is 399 g/mol. The first-order valence-corrected chi connectivity index (χ1v) is 9.66. The zero-order valence-corrected chi connectivity index (χ0v) is 16.4. The first-order valence-electron chi connectivity index (χ1n) is 9.28. The zero-order valence-electron chi connectivity index (χ0n) is 15.7. The van der Waals surface area contributed by atoms with Crippen molar-refractivity contribution in [3.8, 4) is 5.75 Å². The van der Waals surface area contributed by atoms with Crippen LogP contribution >= 0.6 is 11.6 Å². The van der Waals surface area contributed by atoms with E-state index in [0.717, 1.165) is 30.5 Å². The van der Waals surface area contributed by atoms with Crippen molar-refractivity contribution in [2.24, 2.45) is 5.16 Å². The Hall–Kier alpha value is -2.73. The van der Waals surface area contributed by atoms with E-state index in [1.165, 1.54) is 0 Å². The maximum absolute atomic E-state index is 12.6. The predicted octanol–water partition coefficient (Wildman–Crippen LogP) is 4.54. The Balaban J connectivity index is 1.35. The third kappa shape index (κ3) is 3.78. The molecule has 2 aromatic rings. The summed E-state index contributed by atoms with van der Waals surface area (Å²) in [6.45, 7) is 1.23. The lowest BCUT2D eigenvalue weighted by atomic mass is 9.85. The standard InChI is InChI=1S/C21H22ClN3O3/c1-27-19-5-3-2-4-17(19)23-20(26)25-12-10-21(11-13-25)14-18(24-28-21)15-6-8-16(22)9-7-15/h2-9H,10-14H2,1H3,(H,23,26). The third-order valence-electron chi connectivity index (χ3n) is 5.33. The molecule has 0 radical (unpaired) electrons. The summed E-state index contributed by atoms with van der Waals surface area (Å²) in [4.78, 5) is 20.3. The van der Waals surface area contributed by atoms with Gasteiger partial charge in [0.25, 0.3) is 0 Å². The molecule has 2 aromatic carbocycles. The number of hydrogen-bond acceptors (Lipinski definition) is 4. The van der Waals surface area contributed by atoms with Crippen molar-refractivity contribution >= 4 is 29.0 Å². The molecule has 0 aliphatic carbocycles. The number of nitrogens with zero attached hydrogens (tertiary/aromatic N) is 2. The number of halogens is 1. The van der Waals surface area contributed by atoms with Crippen LogP contribution in [0.5, 0.6) is 5.75 Å². The normalized spacial score (nSPS) is 17.8. The van der Waals surface area contributed by atoms with Crippen molar-refractivity contribution in [1.82, 2.24) is 4.90 Å². The average molecular weight is 400 g/mol. The van der Waals surface area contributed by atoms with Gasteiger partial charge in [-0.2, -0.15) is 0 Å². The molecule has 2 aliphatic heterocycles. The van der Waals surface area contributed by atoms with Crippen molar-refractivity contribution in [1.29, 1.82) is 0 Å². The lowest BCUT2D eigenvalue weighted by Gasteiger charge is -2.37. The van der Waals surface area contributed by atoms with E-state index in [4.69, 9.17) is 21.2 Å². The lowest BCUT2D eigenvalue weighted by molar-refractivity contribution is -0.0544. The van der Waals surface area contributed by atoms with E-state index in [-0.39, 0.29) is 11.6 Å². The molecule has 0 saturated carbocycles. The Bertz CT molecular complexity index is 890.